The van der Waals surface area contributed by atoms with Gasteiger partial charge in [0.15, 0.2) is 15.7 Å². The van der Waals surface area contributed by atoms with Crippen molar-refractivity contribution in [3.8, 4) is 0 Å². The van der Waals surface area contributed by atoms with Crippen LogP contribution in [0.5, 0.6) is 0 Å². The lowest BCUT2D eigenvalue weighted by Crippen LogP contribution is -2.42. The number of carboxylic acid groups (broad SMARTS) is 1. The van der Waals surface area contributed by atoms with Crippen molar-refractivity contribution in [1.82, 2.24) is 9.97 Å². The van der Waals surface area contributed by atoms with Gasteiger partial charge in [-0.1, -0.05) is 36.8 Å². The van der Waals surface area contributed by atoms with Gasteiger partial charge in [0.05, 0.1) is 10.7 Å². The van der Waals surface area contributed by atoms with Crippen LogP contribution in [0.1, 0.15) is 54.7 Å². The number of sulfone groups is 1. The van der Waals surface area contributed by atoms with Crippen LogP contribution < -0.4 is 5.32 Å². The summed E-state index contributed by atoms with van der Waals surface area (Å²) < 4.78 is 23.7. The molecule has 1 atom stereocenters. The maximum absolute atomic E-state index is 11.8. The van der Waals surface area contributed by atoms with E-state index in [0.29, 0.717) is 25.1 Å². The number of aliphatic carboxylic acids is 1. The van der Waals surface area contributed by atoms with Crippen molar-refractivity contribution in [3.05, 3.63) is 65.1 Å². The van der Waals surface area contributed by atoms with Crippen LogP contribution in [0, 0.1) is 0 Å². The Balaban J connectivity index is 1.41. The summed E-state index contributed by atoms with van der Waals surface area (Å²) in [7, 11) is -3.13. The van der Waals surface area contributed by atoms with Crippen LogP contribution in [0.2, 0.25) is 0 Å². The summed E-state index contributed by atoms with van der Waals surface area (Å²) in [5.41, 5.74) is 3.92. The number of carboxylic acids is 1. The third-order valence-electron chi connectivity index (χ3n) is 7.12. The minimum Gasteiger partial charge on any atom is -0.481 e. The number of rotatable bonds is 6. The molecule has 1 saturated carbocycles. The quantitative estimate of drug-likeness (QED) is 0.664. The summed E-state index contributed by atoms with van der Waals surface area (Å²) in [6, 6.07) is 7.63. The van der Waals surface area contributed by atoms with Crippen molar-refractivity contribution in [2.24, 2.45) is 0 Å². The van der Waals surface area contributed by atoms with Crippen LogP contribution in [-0.4, -0.2) is 41.0 Å². The molecule has 3 aliphatic carbocycles. The number of allylic oxidation sites excluding steroid dienone is 3. The van der Waals surface area contributed by atoms with E-state index < -0.39 is 26.5 Å². The summed E-state index contributed by atoms with van der Waals surface area (Å²) in [4.78, 5) is 21.4. The van der Waals surface area contributed by atoms with Gasteiger partial charge in [0.25, 0.3) is 0 Å². The second-order valence-corrected chi connectivity index (χ2v) is 11.5. The predicted molar refractivity (Wildman–Crippen MR) is 127 cm³/mol. The van der Waals surface area contributed by atoms with Crippen molar-refractivity contribution in [1.29, 1.82) is 0 Å². The molecule has 3 aliphatic rings. The van der Waals surface area contributed by atoms with E-state index in [1.807, 2.05) is 30.3 Å². The van der Waals surface area contributed by atoms with Crippen LogP contribution in [0.15, 0.2) is 42.5 Å². The summed E-state index contributed by atoms with van der Waals surface area (Å²) >= 11 is 0. The van der Waals surface area contributed by atoms with Crippen molar-refractivity contribution in [3.63, 3.8) is 0 Å². The van der Waals surface area contributed by atoms with E-state index in [1.54, 1.807) is 12.2 Å². The Morgan fingerprint density at radius 1 is 1.12 bits per heavy atom. The Morgan fingerprint density at radius 2 is 1.88 bits per heavy atom. The molecule has 1 fully saturated rings. The van der Waals surface area contributed by atoms with Gasteiger partial charge in [0, 0.05) is 28.8 Å². The van der Waals surface area contributed by atoms with Crippen LogP contribution in [0.25, 0.3) is 5.57 Å². The number of fused-ring (bicyclic) bond motifs is 1. The zero-order valence-electron chi connectivity index (χ0n) is 18.5. The first kappa shape index (κ1) is 21.8. The molecule has 1 aromatic heterocycles. The molecule has 2 aromatic rings. The monoisotopic (exact) mass is 465 g/mol. The number of aryl methyl sites for hydroxylation is 1. The SMILES string of the molecule is CS(=O)(=O)C1C=CC(c2nc3c(c(Nc4ccc(C5(C(=O)O)CCC5)cc4)n2)CCC3)=CC1. The van der Waals surface area contributed by atoms with Gasteiger partial charge in [-0.2, -0.15) is 0 Å². The van der Waals surface area contributed by atoms with Gasteiger partial charge in [0.1, 0.15) is 5.82 Å². The lowest BCUT2D eigenvalue weighted by atomic mass is 9.64. The van der Waals surface area contributed by atoms with E-state index in [9.17, 15) is 18.3 Å². The standard InChI is InChI=1S/C25H27N3O4S/c1-33(31,32)19-12-6-16(7-13-19)22-27-21-5-2-4-20(21)23(28-22)26-18-10-8-17(9-11-18)25(24(29)30)14-3-15-25/h6-12,19H,2-5,13-15H2,1H3,(H,29,30)(H,26,27,28). The average Bonchev–Trinajstić information content (AvgIpc) is 3.22. The molecule has 7 nitrogen and oxygen atoms in total. The van der Waals surface area contributed by atoms with Crippen LogP contribution in [0.3, 0.4) is 0 Å². The average molecular weight is 466 g/mol. The minimum absolute atomic E-state index is 0.417. The van der Waals surface area contributed by atoms with Crippen LogP contribution >= 0.6 is 0 Å². The summed E-state index contributed by atoms with van der Waals surface area (Å²) in [6.45, 7) is 0. The molecule has 0 bridgehead atoms. The highest BCUT2D eigenvalue weighted by Gasteiger charge is 2.45. The molecule has 1 unspecified atom stereocenters. The third kappa shape index (κ3) is 3.97. The predicted octanol–water partition coefficient (Wildman–Crippen LogP) is 3.97. The van der Waals surface area contributed by atoms with Gasteiger partial charge in [-0.05, 0) is 56.2 Å². The van der Waals surface area contributed by atoms with Gasteiger partial charge in [-0.15, -0.1) is 0 Å². The molecular formula is C25H27N3O4S. The summed E-state index contributed by atoms with van der Waals surface area (Å²) in [5, 5.41) is 12.6. The van der Waals surface area contributed by atoms with Gasteiger partial charge >= 0.3 is 5.97 Å². The molecule has 33 heavy (non-hydrogen) atoms. The lowest BCUT2D eigenvalue weighted by Gasteiger charge is -2.38. The van der Waals surface area contributed by atoms with Gasteiger partial charge < -0.3 is 10.4 Å². The fraction of sp³-hybridized carbons (Fsp3) is 0.400. The van der Waals surface area contributed by atoms with Crippen molar-refractivity contribution in [2.45, 2.75) is 55.6 Å². The molecule has 1 aromatic carbocycles. The Morgan fingerprint density at radius 3 is 2.45 bits per heavy atom. The molecule has 0 radical (unpaired) electrons. The molecule has 0 spiro atoms. The number of benzene rings is 1. The number of carbonyl (C=O) groups is 1. The summed E-state index contributed by atoms with van der Waals surface area (Å²) in [5.74, 6) is 0.605. The molecular weight excluding hydrogens is 438 g/mol. The number of hydrogen-bond acceptors (Lipinski definition) is 6. The number of aromatic nitrogens is 2. The minimum atomic E-state index is -3.13. The highest BCUT2D eigenvalue weighted by molar-refractivity contribution is 7.91. The highest BCUT2D eigenvalue weighted by Crippen LogP contribution is 2.44. The molecule has 5 rings (SSSR count). The van der Waals surface area contributed by atoms with Gasteiger partial charge in [-0.3, -0.25) is 4.79 Å². The zero-order chi connectivity index (χ0) is 23.2. The number of hydrogen-bond donors (Lipinski definition) is 2. The Labute approximate surface area is 193 Å². The smallest absolute Gasteiger partial charge is 0.314 e. The number of nitrogens with zero attached hydrogens (tertiary/aromatic N) is 2. The van der Waals surface area contributed by atoms with Crippen molar-refractivity contribution in [2.75, 3.05) is 11.6 Å². The third-order valence-corrected chi connectivity index (χ3v) is 8.57. The molecule has 0 aliphatic heterocycles. The molecule has 172 valence electrons. The maximum atomic E-state index is 11.8. The van der Waals surface area contributed by atoms with E-state index in [-0.39, 0.29) is 0 Å². The maximum Gasteiger partial charge on any atom is 0.314 e. The van der Waals surface area contributed by atoms with Crippen LogP contribution in [-0.2, 0) is 32.9 Å². The first-order chi connectivity index (χ1) is 15.8. The Hall–Kier alpha value is -3.00. The van der Waals surface area contributed by atoms with E-state index in [4.69, 9.17) is 9.97 Å². The molecule has 1 heterocycles. The van der Waals surface area contributed by atoms with Crippen molar-refractivity contribution >= 4 is 32.9 Å². The summed E-state index contributed by atoms with van der Waals surface area (Å²) in [6.07, 6.45) is 12.2. The first-order valence-electron chi connectivity index (χ1n) is 11.3. The van der Waals surface area contributed by atoms with E-state index in [1.165, 1.54) is 6.26 Å². The van der Waals surface area contributed by atoms with Crippen molar-refractivity contribution < 1.29 is 18.3 Å². The van der Waals surface area contributed by atoms with E-state index >= 15 is 0 Å². The zero-order valence-corrected chi connectivity index (χ0v) is 19.4. The molecule has 8 heteroatoms. The molecule has 2 N–H and O–H groups in total. The number of nitrogens with one attached hydrogen (secondary N) is 1. The Bertz CT molecular complexity index is 1280. The largest absolute Gasteiger partial charge is 0.481 e. The van der Waals surface area contributed by atoms with E-state index in [0.717, 1.165) is 59.6 Å². The van der Waals surface area contributed by atoms with E-state index in [2.05, 4.69) is 5.32 Å². The number of anilines is 2. The topological polar surface area (TPSA) is 109 Å². The fourth-order valence-corrected chi connectivity index (χ4v) is 5.72. The van der Waals surface area contributed by atoms with Gasteiger partial charge in [0.2, 0.25) is 0 Å². The molecule has 0 saturated heterocycles. The normalized spacial score (nSPS) is 21.1. The fourth-order valence-electron chi connectivity index (χ4n) is 4.91. The lowest BCUT2D eigenvalue weighted by molar-refractivity contribution is -0.147. The molecule has 0 amide bonds. The highest BCUT2D eigenvalue weighted by atomic mass is 32.2. The van der Waals surface area contributed by atoms with Crippen LogP contribution in [0.4, 0.5) is 11.5 Å². The van der Waals surface area contributed by atoms with Gasteiger partial charge in [-0.25, -0.2) is 18.4 Å². The second kappa shape index (κ2) is 8.09. The second-order valence-electron chi connectivity index (χ2n) is 9.24. The first-order valence-corrected chi connectivity index (χ1v) is 13.3. The Kier molecular flexibility index (Phi) is 5.35.